The monoisotopic (exact) mass is 223 g/mol. The highest BCUT2D eigenvalue weighted by atomic mass is 15.2. The maximum Gasteiger partial charge on any atom is 0.108 e. The van der Waals surface area contributed by atoms with Gasteiger partial charge in [-0.05, 0) is 44.3 Å². The van der Waals surface area contributed by atoms with E-state index in [9.17, 15) is 0 Å². The average molecular weight is 223 g/mol. The Bertz CT molecular complexity index is 232. The number of piperidine rings is 1. The van der Waals surface area contributed by atoms with Crippen LogP contribution in [0.4, 0.5) is 0 Å². The minimum absolute atomic E-state index is 0.00108. The van der Waals surface area contributed by atoms with E-state index in [-0.39, 0.29) is 6.04 Å². The highest BCUT2D eigenvalue weighted by Crippen LogP contribution is 2.29. The maximum atomic E-state index is 9.05. The summed E-state index contributed by atoms with van der Waals surface area (Å²) in [6.07, 6.45) is 3.59. The van der Waals surface area contributed by atoms with Gasteiger partial charge in [0.1, 0.15) is 6.04 Å². The zero-order chi connectivity index (χ0) is 12.0. The summed E-state index contributed by atoms with van der Waals surface area (Å²) < 4.78 is 0. The topological polar surface area (TPSA) is 39.1 Å². The van der Waals surface area contributed by atoms with Crippen LogP contribution in [0.3, 0.4) is 0 Å². The smallest absolute Gasteiger partial charge is 0.108 e. The molecule has 1 atom stereocenters. The SMILES string of the molecule is CCCNC(C#N)CN1CCC(C)(C)CC1. The molecule has 1 aliphatic heterocycles. The Morgan fingerprint density at radius 1 is 1.38 bits per heavy atom. The molecule has 3 nitrogen and oxygen atoms in total. The van der Waals surface area contributed by atoms with Crippen LogP contribution in [0.25, 0.3) is 0 Å². The van der Waals surface area contributed by atoms with Crippen molar-refractivity contribution in [2.45, 2.75) is 46.1 Å². The predicted octanol–water partition coefficient (Wildman–Crippen LogP) is 2.00. The summed E-state index contributed by atoms with van der Waals surface area (Å²) in [4.78, 5) is 2.42. The van der Waals surface area contributed by atoms with E-state index in [0.717, 1.165) is 32.6 Å². The van der Waals surface area contributed by atoms with E-state index in [2.05, 4.69) is 37.1 Å². The van der Waals surface area contributed by atoms with Crippen LogP contribution in [0.1, 0.15) is 40.0 Å². The van der Waals surface area contributed by atoms with Gasteiger partial charge in [0, 0.05) is 6.54 Å². The highest BCUT2D eigenvalue weighted by molar-refractivity contribution is 4.93. The van der Waals surface area contributed by atoms with Gasteiger partial charge in [0.2, 0.25) is 0 Å². The molecule has 0 aromatic heterocycles. The van der Waals surface area contributed by atoms with Gasteiger partial charge < -0.3 is 10.2 Å². The molecule has 0 amide bonds. The Labute approximate surface area is 99.8 Å². The van der Waals surface area contributed by atoms with Gasteiger partial charge in [-0.15, -0.1) is 0 Å². The summed E-state index contributed by atoms with van der Waals surface area (Å²) in [6, 6.07) is 2.35. The number of hydrogen-bond acceptors (Lipinski definition) is 3. The third-order valence-electron chi connectivity index (χ3n) is 3.45. The molecule has 1 fully saturated rings. The second kappa shape index (κ2) is 6.22. The van der Waals surface area contributed by atoms with Crippen LogP contribution in [-0.2, 0) is 0 Å². The van der Waals surface area contributed by atoms with Crippen LogP contribution in [0, 0.1) is 16.7 Å². The number of nitrogens with one attached hydrogen (secondary N) is 1. The Kier molecular flexibility index (Phi) is 5.24. The summed E-state index contributed by atoms with van der Waals surface area (Å²) in [5.74, 6) is 0. The zero-order valence-corrected chi connectivity index (χ0v) is 10.9. The molecule has 16 heavy (non-hydrogen) atoms. The standard InChI is InChI=1S/C13H25N3/c1-4-7-15-12(10-14)11-16-8-5-13(2,3)6-9-16/h12,15H,4-9,11H2,1-3H3. The average Bonchev–Trinajstić information content (AvgIpc) is 2.26. The summed E-state index contributed by atoms with van der Waals surface area (Å²) in [5.41, 5.74) is 0.496. The summed E-state index contributed by atoms with van der Waals surface area (Å²) in [5, 5.41) is 12.3. The number of rotatable bonds is 5. The molecular weight excluding hydrogens is 198 g/mol. The van der Waals surface area contributed by atoms with Crippen LogP contribution in [0.15, 0.2) is 0 Å². The molecule has 0 aromatic rings. The largest absolute Gasteiger partial charge is 0.301 e. The van der Waals surface area contributed by atoms with E-state index in [1.165, 1.54) is 12.8 Å². The Morgan fingerprint density at radius 2 is 2.00 bits per heavy atom. The van der Waals surface area contributed by atoms with E-state index in [1.807, 2.05) is 0 Å². The first kappa shape index (κ1) is 13.5. The molecule has 0 saturated carbocycles. The first-order valence-corrected chi connectivity index (χ1v) is 6.43. The lowest BCUT2D eigenvalue weighted by Crippen LogP contribution is -2.45. The summed E-state index contributed by atoms with van der Waals surface area (Å²) in [6.45, 7) is 10.9. The van der Waals surface area contributed by atoms with Gasteiger partial charge in [-0.3, -0.25) is 0 Å². The Hall–Kier alpha value is -0.590. The molecule has 1 N–H and O–H groups in total. The van der Waals surface area contributed by atoms with Crippen LogP contribution >= 0.6 is 0 Å². The van der Waals surface area contributed by atoms with Gasteiger partial charge in [0.15, 0.2) is 0 Å². The van der Waals surface area contributed by atoms with Gasteiger partial charge in [-0.1, -0.05) is 20.8 Å². The fourth-order valence-electron chi connectivity index (χ4n) is 2.07. The second-order valence-electron chi connectivity index (χ2n) is 5.60. The Morgan fingerprint density at radius 3 is 2.50 bits per heavy atom. The lowest BCUT2D eigenvalue weighted by molar-refractivity contribution is 0.128. The molecule has 0 radical (unpaired) electrons. The van der Waals surface area contributed by atoms with Crippen LogP contribution in [-0.4, -0.2) is 37.1 Å². The van der Waals surface area contributed by atoms with E-state index in [4.69, 9.17) is 5.26 Å². The van der Waals surface area contributed by atoms with Gasteiger partial charge in [0.05, 0.1) is 6.07 Å². The highest BCUT2D eigenvalue weighted by Gasteiger charge is 2.26. The molecule has 1 unspecified atom stereocenters. The van der Waals surface area contributed by atoms with Crippen molar-refractivity contribution >= 4 is 0 Å². The molecular formula is C13H25N3. The molecule has 0 spiro atoms. The quantitative estimate of drug-likeness (QED) is 0.775. The fraction of sp³-hybridized carbons (Fsp3) is 0.923. The lowest BCUT2D eigenvalue weighted by atomic mass is 9.82. The molecule has 92 valence electrons. The van der Waals surface area contributed by atoms with E-state index in [1.54, 1.807) is 0 Å². The normalized spacial score (nSPS) is 22.6. The van der Waals surface area contributed by atoms with E-state index >= 15 is 0 Å². The third-order valence-corrected chi connectivity index (χ3v) is 3.45. The maximum absolute atomic E-state index is 9.05. The zero-order valence-electron chi connectivity index (χ0n) is 10.9. The molecule has 1 aliphatic rings. The molecule has 0 aromatic carbocycles. The number of hydrogen-bond donors (Lipinski definition) is 1. The Balaban J connectivity index is 2.29. The van der Waals surface area contributed by atoms with Crippen molar-refractivity contribution in [2.75, 3.05) is 26.2 Å². The molecule has 0 aliphatic carbocycles. The minimum Gasteiger partial charge on any atom is -0.301 e. The fourth-order valence-corrected chi connectivity index (χ4v) is 2.07. The van der Waals surface area contributed by atoms with Crippen molar-refractivity contribution < 1.29 is 0 Å². The predicted molar refractivity (Wildman–Crippen MR) is 67.1 cm³/mol. The first-order valence-electron chi connectivity index (χ1n) is 6.43. The molecule has 1 heterocycles. The summed E-state index contributed by atoms with van der Waals surface area (Å²) >= 11 is 0. The first-order chi connectivity index (χ1) is 7.57. The van der Waals surface area contributed by atoms with Gasteiger partial charge in [-0.25, -0.2) is 0 Å². The van der Waals surface area contributed by atoms with E-state index < -0.39 is 0 Å². The van der Waals surface area contributed by atoms with Crippen molar-refractivity contribution in [1.82, 2.24) is 10.2 Å². The van der Waals surface area contributed by atoms with Gasteiger partial charge >= 0.3 is 0 Å². The van der Waals surface area contributed by atoms with Crippen molar-refractivity contribution in [3.63, 3.8) is 0 Å². The molecule has 0 bridgehead atoms. The van der Waals surface area contributed by atoms with Crippen LogP contribution < -0.4 is 5.32 Å². The lowest BCUT2D eigenvalue weighted by Gasteiger charge is -2.37. The van der Waals surface area contributed by atoms with Gasteiger partial charge in [-0.2, -0.15) is 5.26 Å². The van der Waals surface area contributed by atoms with Crippen LogP contribution in [0.5, 0.6) is 0 Å². The molecule has 1 rings (SSSR count). The number of nitrogens with zero attached hydrogens (tertiary/aromatic N) is 2. The second-order valence-corrected chi connectivity index (χ2v) is 5.60. The van der Waals surface area contributed by atoms with Crippen molar-refractivity contribution in [3.05, 3.63) is 0 Å². The van der Waals surface area contributed by atoms with Crippen molar-refractivity contribution in [2.24, 2.45) is 5.41 Å². The molecule has 3 heteroatoms. The summed E-state index contributed by atoms with van der Waals surface area (Å²) in [7, 11) is 0. The minimum atomic E-state index is 0.00108. The third kappa shape index (κ3) is 4.51. The van der Waals surface area contributed by atoms with Crippen LogP contribution in [0.2, 0.25) is 0 Å². The van der Waals surface area contributed by atoms with Crippen molar-refractivity contribution in [1.29, 1.82) is 5.26 Å². The molecule has 1 saturated heterocycles. The number of nitriles is 1. The van der Waals surface area contributed by atoms with Gasteiger partial charge in [0.25, 0.3) is 0 Å². The number of likely N-dealkylation sites (tertiary alicyclic amines) is 1. The van der Waals surface area contributed by atoms with E-state index in [0.29, 0.717) is 5.41 Å². The van der Waals surface area contributed by atoms with Crippen molar-refractivity contribution in [3.8, 4) is 6.07 Å².